The van der Waals surface area contributed by atoms with Gasteiger partial charge < -0.3 is 10.1 Å². The Morgan fingerprint density at radius 1 is 1.53 bits per heavy atom. The second-order valence-corrected chi connectivity index (χ2v) is 5.75. The van der Waals surface area contributed by atoms with Crippen molar-refractivity contribution in [2.75, 3.05) is 18.6 Å². The van der Waals surface area contributed by atoms with Gasteiger partial charge in [0, 0.05) is 17.8 Å². The second-order valence-electron chi connectivity index (χ2n) is 4.84. The van der Waals surface area contributed by atoms with Crippen LogP contribution in [0.1, 0.15) is 39.5 Å². The Morgan fingerprint density at radius 3 is 2.94 bits per heavy atom. The highest BCUT2D eigenvalue weighted by molar-refractivity contribution is 7.98. The van der Waals surface area contributed by atoms with E-state index in [4.69, 9.17) is 4.74 Å². The minimum atomic E-state index is -0.00322. The Kier molecular flexibility index (Phi) is 6.97. The van der Waals surface area contributed by atoms with Crippen LogP contribution in [-0.4, -0.2) is 36.7 Å². The fraction of sp³-hybridized carbons (Fsp3) is 0.923. The van der Waals surface area contributed by atoms with Crippen molar-refractivity contribution in [2.45, 2.75) is 51.6 Å². The molecule has 0 radical (unpaired) electrons. The average Bonchev–Trinajstić information content (AvgIpc) is 2.30. The number of rotatable bonds is 6. The molecule has 3 unspecified atom stereocenters. The van der Waals surface area contributed by atoms with Crippen molar-refractivity contribution in [1.82, 2.24) is 5.32 Å². The number of thioether (sulfide) groups is 1. The Labute approximate surface area is 109 Å². The molecule has 1 rings (SSSR count). The van der Waals surface area contributed by atoms with Crippen LogP contribution in [0.25, 0.3) is 0 Å². The Morgan fingerprint density at radius 2 is 2.29 bits per heavy atom. The molecule has 17 heavy (non-hydrogen) atoms. The zero-order valence-electron chi connectivity index (χ0n) is 11.2. The van der Waals surface area contributed by atoms with Crippen molar-refractivity contribution in [2.24, 2.45) is 5.92 Å². The molecule has 1 aliphatic rings. The van der Waals surface area contributed by atoms with E-state index in [1.54, 1.807) is 0 Å². The highest BCUT2D eigenvalue weighted by atomic mass is 32.2. The third kappa shape index (κ3) is 5.30. The first-order valence-corrected chi connectivity index (χ1v) is 7.98. The van der Waals surface area contributed by atoms with E-state index in [-0.39, 0.29) is 11.9 Å². The van der Waals surface area contributed by atoms with Crippen LogP contribution in [-0.2, 0) is 9.53 Å². The predicted octanol–water partition coefficient (Wildman–Crippen LogP) is 2.45. The maximum Gasteiger partial charge on any atom is 0.308 e. The standard InChI is InChI=1S/C13H25NO2S/c1-4-16-13(15)11-6-5-7-12(8-11)14-10(2)9-17-3/h10-12,14H,4-9H2,1-3H3. The fourth-order valence-corrected chi connectivity index (χ4v) is 3.11. The molecular formula is C13H25NO2S. The van der Waals surface area contributed by atoms with E-state index in [9.17, 15) is 4.79 Å². The molecule has 1 saturated carbocycles. The van der Waals surface area contributed by atoms with E-state index in [0.29, 0.717) is 18.7 Å². The quantitative estimate of drug-likeness (QED) is 0.744. The molecule has 0 bridgehead atoms. The summed E-state index contributed by atoms with van der Waals surface area (Å²) >= 11 is 1.86. The van der Waals surface area contributed by atoms with Gasteiger partial charge in [-0.05, 0) is 39.4 Å². The molecule has 0 aromatic rings. The fourth-order valence-electron chi connectivity index (χ4n) is 2.52. The van der Waals surface area contributed by atoms with Crippen LogP contribution in [0.5, 0.6) is 0 Å². The number of ether oxygens (including phenoxy) is 1. The maximum atomic E-state index is 11.7. The molecule has 0 aromatic heterocycles. The van der Waals surface area contributed by atoms with Gasteiger partial charge in [-0.1, -0.05) is 6.42 Å². The summed E-state index contributed by atoms with van der Waals surface area (Å²) in [6.07, 6.45) is 6.38. The van der Waals surface area contributed by atoms with Crippen molar-refractivity contribution in [3.05, 3.63) is 0 Å². The van der Waals surface area contributed by atoms with Gasteiger partial charge in [-0.3, -0.25) is 4.79 Å². The summed E-state index contributed by atoms with van der Waals surface area (Å²) in [6.45, 7) is 4.58. The molecular weight excluding hydrogens is 234 g/mol. The van der Waals surface area contributed by atoms with Gasteiger partial charge in [-0.2, -0.15) is 11.8 Å². The smallest absolute Gasteiger partial charge is 0.308 e. The lowest BCUT2D eigenvalue weighted by Crippen LogP contribution is -2.42. The molecule has 4 heteroatoms. The van der Waals surface area contributed by atoms with Crippen LogP contribution < -0.4 is 5.32 Å². The first-order chi connectivity index (χ1) is 8.17. The second kappa shape index (κ2) is 7.98. The van der Waals surface area contributed by atoms with Crippen LogP contribution in [0.4, 0.5) is 0 Å². The molecule has 3 atom stereocenters. The Balaban J connectivity index is 2.35. The predicted molar refractivity (Wildman–Crippen MR) is 73.4 cm³/mol. The zero-order valence-corrected chi connectivity index (χ0v) is 12.0. The molecule has 1 fully saturated rings. The van der Waals surface area contributed by atoms with Gasteiger partial charge in [0.15, 0.2) is 0 Å². The monoisotopic (exact) mass is 259 g/mol. The van der Waals surface area contributed by atoms with Crippen LogP contribution in [0.3, 0.4) is 0 Å². The Bertz CT molecular complexity index is 235. The first-order valence-electron chi connectivity index (χ1n) is 6.59. The average molecular weight is 259 g/mol. The molecule has 1 aliphatic carbocycles. The molecule has 0 amide bonds. The SMILES string of the molecule is CCOC(=O)C1CCCC(NC(C)CSC)C1. The lowest BCUT2D eigenvalue weighted by molar-refractivity contribution is -0.149. The van der Waals surface area contributed by atoms with E-state index in [1.165, 1.54) is 6.42 Å². The third-order valence-electron chi connectivity index (χ3n) is 3.23. The molecule has 0 saturated heterocycles. The number of carbonyl (C=O) groups excluding carboxylic acids is 1. The first kappa shape index (κ1) is 14.8. The van der Waals surface area contributed by atoms with Crippen molar-refractivity contribution in [1.29, 1.82) is 0 Å². The summed E-state index contributed by atoms with van der Waals surface area (Å²) in [4.78, 5) is 11.7. The van der Waals surface area contributed by atoms with E-state index in [1.807, 2.05) is 18.7 Å². The van der Waals surface area contributed by atoms with Crippen LogP contribution in [0, 0.1) is 5.92 Å². The van der Waals surface area contributed by atoms with Gasteiger partial charge in [-0.25, -0.2) is 0 Å². The topological polar surface area (TPSA) is 38.3 Å². The number of hydrogen-bond acceptors (Lipinski definition) is 4. The molecule has 0 spiro atoms. The lowest BCUT2D eigenvalue weighted by atomic mass is 9.85. The molecule has 100 valence electrons. The van der Waals surface area contributed by atoms with E-state index < -0.39 is 0 Å². The maximum absolute atomic E-state index is 11.7. The van der Waals surface area contributed by atoms with Crippen molar-refractivity contribution in [3.8, 4) is 0 Å². The van der Waals surface area contributed by atoms with Crippen LogP contribution in [0.15, 0.2) is 0 Å². The van der Waals surface area contributed by atoms with Gasteiger partial charge in [0.1, 0.15) is 0 Å². The Hall–Kier alpha value is -0.220. The summed E-state index contributed by atoms with van der Waals surface area (Å²) in [5.41, 5.74) is 0. The lowest BCUT2D eigenvalue weighted by Gasteiger charge is -2.30. The number of nitrogens with one attached hydrogen (secondary N) is 1. The van der Waals surface area contributed by atoms with E-state index in [2.05, 4.69) is 18.5 Å². The molecule has 3 nitrogen and oxygen atoms in total. The van der Waals surface area contributed by atoms with Gasteiger partial charge >= 0.3 is 5.97 Å². The zero-order chi connectivity index (χ0) is 12.7. The van der Waals surface area contributed by atoms with E-state index in [0.717, 1.165) is 25.0 Å². The van der Waals surface area contributed by atoms with Crippen molar-refractivity contribution >= 4 is 17.7 Å². The van der Waals surface area contributed by atoms with Crippen LogP contribution in [0.2, 0.25) is 0 Å². The third-order valence-corrected chi connectivity index (χ3v) is 4.06. The summed E-state index contributed by atoms with van der Waals surface area (Å²) in [5, 5.41) is 3.62. The highest BCUT2D eigenvalue weighted by Crippen LogP contribution is 2.25. The molecule has 1 N–H and O–H groups in total. The summed E-state index contributed by atoms with van der Waals surface area (Å²) < 4.78 is 5.11. The normalized spacial score (nSPS) is 26.5. The molecule has 0 aliphatic heterocycles. The van der Waals surface area contributed by atoms with Crippen molar-refractivity contribution < 1.29 is 9.53 Å². The summed E-state index contributed by atoms with van der Waals surface area (Å²) in [5.74, 6) is 1.24. The van der Waals surface area contributed by atoms with E-state index >= 15 is 0 Å². The van der Waals surface area contributed by atoms with Gasteiger partial charge in [0.25, 0.3) is 0 Å². The number of esters is 1. The number of carbonyl (C=O) groups is 1. The summed E-state index contributed by atoms with van der Waals surface area (Å²) in [7, 11) is 0. The van der Waals surface area contributed by atoms with Gasteiger partial charge in [0.05, 0.1) is 12.5 Å². The van der Waals surface area contributed by atoms with Gasteiger partial charge in [-0.15, -0.1) is 0 Å². The van der Waals surface area contributed by atoms with Gasteiger partial charge in [0.2, 0.25) is 0 Å². The molecule has 0 heterocycles. The molecule has 0 aromatic carbocycles. The number of hydrogen-bond donors (Lipinski definition) is 1. The summed E-state index contributed by atoms with van der Waals surface area (Å²) in [6, 6.07) is 1.01. The largest absolute Gasteiger partial charge is 0.466 e. The van der Waals surface area contributed by atoms with Crippen molar-refractivity contribution in [3.63, 3.8) is 0 Å². The van der Waals surface area contributed by atoms with Crippen LogP contribution >= 0.6 is 11.8 Å². The highest BCUT2D eigenvalue weighted by Gasteiger charge is 2.28. The minimum absolute atomic E-state index is 0.00322. The minimum Gasteiger partial charge on any atom is -0.466 e.